The Balaban J connectivity index is 1.38. The Morgan fingerprint density at radius 2 is 1.74 bits per heavy atom. The van der Waals surface area contributed by atoms with Crippen molar-refractivity contribution in [3.8, 4) is 5.75 Å². The lowest BCUT2D eigenvalue weighted by Crippen LogP contribution is -2.48. The number of piperidine rings is 1. The van der Waals surface area contributed by atoms with Crippen molar-refractivity contribution >= 4 is 11.9 Å². The van der Waals surface area contributed by atoms with Gasteiger partial charge in [0.05, 0.1) is 5.92 Å². The number of carbonyl (C=O) groups is 2. The third kappa shape index (κ3) is 2.48. The van der Waals surface area contributed by atoms with E-state index in [1.54, 1.807) is 0 Å². The van der Waals surface area contributed by atoms with Gasteiger partial charge in [0.25, 0.3) is 5.91 Å². The van der Waals surface area contributed by atoms with Crippen molar-refractivity contribution in [2.24, 2.45) is 11.3 Å². The van der Waals surface area contributed by atoms with Crippen LogP contribution in [-0.4, -0.2) is 40.6 Å². The summed E-state index contributed by atoms with van der Waals surface area (Å²) in [5.74, 6) is -0.0743. The molecule has 1 saturated heterocycles. The fourth-order valence-electron chi connectivity index (χ4n) is 3.88. The molecule has 1 aromatic rings. The first-order valence-corrected chi connectivity index (χ1v) is 8.31. The highest BCUT2D eigenvalue weighted by atomic mass is 16.5. The maximum atomic E-state index is 12.8. The zero-order valence-corrected chi connectivity index (χ0v) is 13.0. The predicted octanol–water partition coefficient (Wildman–Crippen LogP) is 2.31. The number of carboxylic acids is 1. The lowest BCUT2D eigenvalue weighted by atomic mass is 9.90. The summed E-state index contributed by atoms with van der Waals surface area (Å²) in [6.07, 6.45) is 3.91. The van der Waals surface area contributed by atoms with Crippen LogP contribution >= 0.6 is 0 Å². The minimum absolute atomic E-state index is 0.0420. The number of likely N-dealkylation sites (tertiary alicyclic amines) is 1. The fraction of sp³-hybridized carbons (Fsp3) is 0.556. The molecule has 0 radical (unpaired) electrons. The highest BCUT2D eigenvalue weighted by Gasteiger charge is 2.61. The predicted molar refractivity (Wildman–Crippen MR) is 83.0 cm³/mol. The summed E-state index contributed by atoms with van der Waals surface area (Å²) in [4.78, 5) is 25.8. The third-order valence-corrected chi connectivity index (χ3v) is 5.68. The fourth-order valence-corrected chi connectivity index (χ4v) is 3.88. The summed E-state index contributed by atoms with van der Waals surface area (Å²) >= 11 is 0. The standard InChI is InChI=1S/C18H21NO4/c20-15(21)14-12-17(14)8-10-19(11-9-17)16(22)18(6-7-18)23-13-4-2-1-3-5-13/h1-5,14H,6-12H2,(H,20,21). The van der Waals surface area contributed by atoms with Crippen molar-refractivity contribution in [2.45, 2.75) is 37.7 Å². The number of ether oxygens (including phenoxy) is 1. The number of carboxylic acid groups (broad SMARTS) is 1. The molecule has 3 aliphatic rings. The topological polar surface area (TPSA) is 66.8 Å². The van der Waals surface area contributed by atoms with Crippen molar-refractivity contribution in [3.63, 3.8) is 0 Å². The van der Waals surface area contributed by atoms with Gasteiger partial charge >= 0.3 is 5.97 Å². The Morgan fingerprint density at radius 1 is 1.09 bits per heavy atom. The van der Waals surface area contributed by atoms with E-state index in [4.69, 9.17) is 9.84 Å². The lowest BCUT2D eigenvalue weighted by Gasteiger charge is -2.35. The molecular formula is C18H21NO4. The summed E-state index contributed by atoms with van der Waals surface area (Å²) in [5, 5.41) is 9.15. The van der Waals surface area contributed by atoms with Gasteiger partial charge in [-0.1, -0.05) is 18.2 Å². The largest absolute Gasteiger partial charge is 0.481 e. The molecule has 5 heteroatoms. The van der Waals surface area contributed by atoms with Crippen LogP contribution in [-0.2, 0) is 9.59 Å². The third-order valence-electron chi connectivity index (χ3n) is 5.68. The molecule has 1 aromatic carbocycles. The van der Waals surface area contributed by atoms with Crippen LogP contribution in [0.4, 0.5) is 0 Å². The number of hydrogen-bond acceptors (Lipinski definition) is 3. The molecule has 1 spiro atoms. The van der Waals surface area contributed by atoms with E-state index in [0.717, 1.165) is 37.9 Å². The van der Waals surface area contributed by atoms with Crippen molar-refractivity contribution in [2.75, 3.05) is 13.1 Å². The highest BCUT2D eigenvalue weighted by Crippen LogP contribution is 2.59. The molecule has 4 rings (SSSR count). The van der Waals surface area contributed by atoms with E-state index in [9.17, 15) is 9.59 Å². The van der Waals surface area contributed by atoms with Crippen molar-refractivity contribution < 1.29 is 19.4 Å². The minimum Gasteiger partial charge on any atom is -0.481 e. The number of amides is 1. The van der Waals surface area contributed by atoms with Crippen LogP contribution in [0.15, 0.2) is 30.3 Å². The van der Waals surface area contributed by atoms with Crippen molar-refractivity contribution in [1.29, 1.82) is 0 Å². The van der Waals surface area contributed by atoms with E-state index in [0.29, 0.717) is 13.1 Å². The van der Waals surface area contributed by atoms with Crippen LogP contribution in [0.5, 0.6) is 5.75 Å². The molecule has 3 fully saturated rings. The number of benzene rings is 1. The number of nitrogens with zero attached hydrogens (tertiary/aromatic N) is 1. The smallest absolute Gasteiger partial charge is 0.307 e. The zero-order chi connectivity index (χ0) is 16.1. The summed E-state index contributed by atoms with van der Waals surface area (Å²) in [5.41, 5.74) is -0.721. The van der Waals surface area contributed by atoms with Gasteiger partial charge in [-0.2, -0.15) is 0 Å². The Labute approximate surface area is 135 Å². The van der Waals surface area contributed by atoms with E-state index < -0.39 is 11.6 Å². The maximum Gasteiger partial charge on any atom is 0.307 e. The molecule has 1 atom stereocenters. The Hall–Kier alpha value is -2.04. The summed E-state index contributed by atoms with van der Waals surface area (Å²) in [7, 11) is 0. The van der Waals surface area contributed by atoms with Crippen LogP contribution in [0.1, 0.15) is 32.1 Å². The molecule has 23 heavy (non-hydrogen) atoms. The van der Waals surface area contributed by atoms with Crippen LogP contribution in [0.3, 0.4) is 0 Å². The first-order valence-electron chi connectivity index (χ1n) is 8.31. The van der Waals surface area contributed by atoms with E-state index in [2.05, 4.69) is 0 Å². The summed E-state index contributed by atoms with van der Waals surface area (Å²) < 4.78 is 5.97. The average Bonchev–Trinajstić information content (AvgIpc) is 3.46. The van der Waals surface area contributed by atoms with Crippen molar-refractivity contribution in [1.82, 2.24) is 4.90 Å². The molecule has 1 aliphatic heterocycles. The van der Waals surface area contributed by atoms with E-state index in [1.807, 2.05) is 35.2 Å². The zero-order valence-electron chi connectivity index (χ0n) is 13.0. The normalized spacial score (nSPS) is 26.6. The second-order valence-corrected chi connectivity index (χ2v) is 7.16. The molecule has 1 N–H and O–H groups in total. The van der Waals surface area contributed by atoms with E-state index in [-0.39, 0.29) is 17.2 Å². The van der Waals surface area contributed by atoms with Crippen LogP contribution in [0.2, 0.25) is 0 Å². The second-order valence-electron chi connectivity index (χ2n) is 7.16. The van der Waals surface area contributed by atoms with Gasteiger partial charge in [-0.05, 0) is 36.8 Å². The second kappa shape index (κ2) is 4.98. The molecular weight excluding hydrogens is 294 g/mol. The minimum atomic E-state index is -0.684. The Morgan fingerprint density at radius 3 is 2.26 bits per heavy atom. The number of aliphatic carboxylic acids is 1. The molecule has 2 saturated carbocycles. The molecule has 122 valence electrons. The molecule has 1 amide bonds. The monoisotopic (exact) mass is 315 g/mol. The average molecular weight is 315 g/mol. The van der Waals surface area contributed by atoms with Gasteiger partial charge < -0.3 is 14.7 Å². The molecule has 1 unspecified atom stereocenters. The van der Waals surface area contributed by atoms with Gasteiger partial charge in [0.2, 0.25) is 0 Å². The molecule has 1 heterocycles. The van der Waals surface area contributed by atoms with Gasteiger partial charge in [-0.25, -0.2) is 0 Å². The summed E-state index contributed by atoms with van der Waals surface area (Å²) in [6.45, 7) is 1.31. The quantitative estimate of drug-likeness (QED) is 0.926. The molecule has 2 aliphatic carbocycles. The lowest BCUT2D eigenvalue weighted by molar-refractivity contribution is -0.143. The van der Waals surface area contributed by atoms with Gasteiger partial charge in [0.1, 0.15) is 5.75 Å². The Bertz CT molecular complexity index is 630. The SMILES string of the molecule is O=C(O)C1CC12CCN(C(=O)C1(Oc3ccccc3)CC1)CC2. The van der Waals surface area contributed by atoms with E-state index in [1.165, 1.54) is 0 Å². The van der Waals surface area contributed by atoms with Crippen LogP contribution in [0, 0.1) is 11.3 Å². The number of rotatable bonds is 4. The van der Waals surface area contributed by atoms with Crippen LogP contribution < -0.4 is 4.74 Å². The van der Waals surface area contributed by atoms with Crippen molar-refractivity contribution in [3.05, 3.63) is 30.3 Å². The highest BCUT2D eigenvalue weighted by molar-refractivity contribution is 5.88. The number of carbonyl (C=O) groups excluding carboxylic acids is 1. The van der Waals surface area contributed by atoms with Gasteiger partial charge in [-0.15, -0.1) is 0 Å². The maximum absolute atomic E-state index is 12.8. The molecule has 0 aromatic heterocycles. The Kier molecular flexibility index (Phi) is 3.15. The molecule has 5 nitrogen and oxygen atoms in total. The number of hydrogen-bond donors (Lipinski definition) is 1. The first-order chi connectivity index (χ1) is 11.0. The molecule has 0 bridgehead atoms. The van der Waals surface area contributed by atoms with Gasteiger partial charge in [0.15, 0.2) is 5.60 Å². The van der Waals surface area contributed by atoms with E-state index >= 15 is 0 Å². The van der Waals surface area contributed by atoms with Crippen LogP contribution in [0.25, 0.3) is 0 Å². The van der Waals surface area contributed by atoms with Gasteiger partial charge in [-0.3, -0.25) is 9.59 Å². The first kappa shape index (κ1) is 14.5. The number of para-hydroxylation sites is 1. The van der Waals surface area contributed by atoms with Gasteiger partial charge in [0, 0.05) is 25.9 Å². The summed E-state index contributed by atoms with van der Waals surface area (Å²) in [6, 6.07) is 9.48.